The van der Waals surface area contributed by atoms with Crippen LogP contribution in [0.5, 0.6) is 0 Å². The Hall–Kier alpha value is -1.87. The molecule has 0 radical (unpaired) electrons. The Bertz CT molecular complexity index is 538. The predicted octanol–water partition coefficient (Wildman–Crippen LogP) is 3.48. The number of nitrogens with zero attached hydrogens (tertiary/aromatic N) is 1. The first kappa shape index (κ1) is 11.6. The number of hydrogen-bond acceptors (Lipinski definition) is 2. The summed E-state index contributed by atoms with van der Waals surface area (Å²) in [6, 6.07) is 11.0. The second-order valence-electron chi connectivity index (χ2n) is 3.67. The van der Waals surface area contributed by atoms with E-state index in [0.29, 0.717) is 10.7 Å². The maximum atomic E-state index is 7.92. The van der Waals surface area contributed by atoms with Gasteiger partial charge < -0.3 is 5.32 Å². The van der Waals surface area contributed by atoms with Crippen molar-refractivity contribution in [2.24, 2.45) is 0 Å². The van der Waals surface area contributed by atoms with Gasteiger partial charge in [0.1, 0.15) is 11.5 Å². The summed E-state index contributed by atoms with van der Waals surface area (Å²) in [5.41, 5.74) is 2.47. The summed E-state index contributed by atoms with van der Waals surface area (Å²) in [5.74, 6) is 0.260. The molecule has 0 saturated heterocycles. The average Bonchev–Trinajstić information content (AvgIpc) is 2.35. The molecule has 2 aromatic rings. The van der Waals surface area contributed by atoms with Gasteiger partial charge in [-0.1, -0.05) is 23.7 Å². The zero-order chi connectivity index (χ0) is 12.3. The molecule has 2 N–H and O–H groups in total. The van der Waals surface area contributed by atoms with E-state index in [-0.39, 0.29) is 5.84 Å². The fraction of sp³-hybridized carbons (Fsp3) is 0.0769. The van der Waals surface area contributed by atoms with Gasteiger partial charge in [-0.25, -0.2) is 0 Å². The van der Waals surface area contributed by atoms with Crippen LogP contribution in [0.3, 0.4) is 0 Å². The standard InChI is InChI=1S/C13H12ClN3/c1-9-5-6-10(14)8-12(9)17-13(15)11-4-2-3-7-16-11/h2-8H,1H3,(H2,15,17). The largest absolute Gasteiger partial charge is 0.339 e. The first-order chi connectivity index (χ1) is 8.16. The van der Waals surface area contributed by atoms with Crippen molar-refractivity contribution in [3.05, 3.63) is 58.9 Å². The van der Waals surface area contributed by atoms with Gasteiger partial charge in [0.2, 0.25) is 0 Å². The van der Waals surface area contributed by atoms with Crippen molar-refractivity contribution < 1.29 is 0 Å². The summed E-state index contributed by atoms with van der Waals surface area (Å²) < 4.78 is 0. The molecule has 17 heavy (non-hydrogen) atoms. The van der Waals surface area contributed by atoms with Crippen LogP contribution in [-0.2, 0) is 0 Å². The normalized spacial score (nSPS) is 10.0. The summed E-state index contributed by atoms with van der Waals surface area (Å²) in [6.45, 7) is 1.96. The second kappa shape index (κ2) is 4.97. The highest BCUT2D eigenvalue weighted by molar-refractivity contribution is 6.31. The smallest absolute Gasteiger partial charge is 0.148 e. The number of rotatable bonds is 2. The molecule has 0 saturated carbocycles. The maximum Gasteiger partial charge on any atom is 0.148 e. The van der Waals surface area contributed by atoms with Crippen LogP contribution in [0.1, 0.15) is 11.3 Å². The molecule has 0 spiro atoms. The van der Waals surface area contributed by atoms with Gasteiger partial charge >= 0.3 is 0 Å². The van der Waals surface area contributed by atoms with Crippen molar-refractivity contribution in [2.45, 2.75) is 6.92 Å². The Morgan fingerprint density at radius 1 is 1.29 bits per heavy atom. The van der Waals surface area contributed by atoms with Crippen LogP contribution in [0.2, 0.25) is 5.02 Å². The van der Waals surface area contributed by atoms with E-state index in [9.17, 15) is 0 Å². The molecule has 0 bridgehead atoms. The molecule has 2 rings (SSSR count). The van der Waals surface area contributed by atoms with Crippen LogP contribution in [0, 0.1) is 12.3 Å². The number of aryl methyl sites for hydroxylation is 1. The highest BCUT2D eigenvalue weighted by Crippen LogP contribution is 2.20. The summed E-state index contributed by atoms with van der Waals surface area (Å²) in [4.78, 5) is 4.11. The molecule has 1 aromatic carbocycles. The van der Waals surface area contributed by atoms with Crippen LogP contribution in [0.4, 0.5) is 5.69 Å². The molecular weight excluding hydrogens is 234 g/mol. The average molecular weight is 246 g/mol. The third-order valence-corrected chi connectivity index (χ3v) is 2.62. The Morgan fingerprint density at radius 2 is 2.12 bits per heavy atom. The molecule has 0 amide bonds. The molecule has 1 heterocycles. The van der Waals surface area contributed by atoms with Gasteiger partial charge in [-0.05, 0) is 36.8 Å². The van der Waals surface area contributed by atoms with E-state index >= 15 is 0 Å². The minimum absolute atomic E-state index is 0.260. The van der Waals surface area contributed by atoms with E-state index in [0.717, 1.165) is 11.3 Å². The van der Waals surface area contributed by atoms with Gasteiger partial charge in [0, 0.05) is 16.9 Å². The highest BCUT2D eigenvalue weighted by Gasteiger charge is 2.05. The van der Waals surface area contributed by atoms with Gasteiger partial charge in [0.15, 0.2) is 0 Å². The summed E-state index contributed by atoms with van der Waals surface area (Å²) in [6.07, 6.45) is 1.66. The number of pyridine rings is 1. The van der Waals surface area contributed by atoms with Crippen molar-refractivity contribution in [1.82, 2.24) is 4.98 Å². The number of nitrogens with one attached hydrogen (secondary N) is 2. The molecule has 0 aliphatic heterocycles. The van der Waals surface area contributed by atoms with Gasteiger partial charge in [-0.3, -0.25) is 10.4 Å². The molecule has 0 fully saturated rings. The van der Waals surface area contributed by atoms with Gasteiger partial charge in [-0.15, -0.1) is 0 Å². The summed E-state index contributed by atoms with van der Waals surface area (Å²) >= 11 is 5.92. The Balaban J connectivity index is 2.22. The number of amidine groups is 1. The molecule has 0 aliphatic carbocycles. The minimum atomic E-state index is 0.260. The van der Waals surface area contributed by atoms with E-state index in [1.54, 1.807) is 18.3 Å². The van der Waals surface area contributed by atoms with Crippen LogP contribution in [-0.4, -0.2) is 10.8 Å². The Labute approximate surface area is 105 Å². The van der Waals surface area contributed by atoms with Crippen LogP contribution >= 0.6 is 11.6 Å². The van der Waals surface area contributed by atoms with Gasteiger partial charge in [0.05, 0.1) is 0 Å². The van der Waals surface area contributed by atoms with Crippen LogP contribution in [0.15, 0.2) is 42.6 Å². The zero-order valence-corrected chi connectivity index (χ0v) is 10.1. The summed E-state index contributed by atoms with van der Waals surface area (Å²) in [5, 5.41) is 11.6. The van der Waals surface area contributed by atoms with Crippen LogP contribution in [0.25, 0.3) is 0 Å². The lowest BCUT2D eigenvalue weighted by Gasteiger charge is -2.10. The lowest BCUT2D eigenvalue weighted by Crippen LogP contribution is -2.14. The Morgan fingerprint density at radius 3 is 2.82 bits per heavy atom. The highest BCUT2D eigenvalue weighted by atomic mass is 35.5. The molecule has 3 nitrogen and oxygen atoms in total. The molecule has 0 unspecified atom stereocenters. The molecule has 4 heteroatoms. The van der Waals surface area contributed by atoms with E-state index in [4.69, 9.17) is 17.0 Å². The van der Waals surface area contributed by atoms with Crippen molar-refractivity contribution in [3.8, 4) is 0 Å². The van der Waals surface area contributed by atoms with Crippen molar-refractivity contribution in [1.29, 1.82) is 5.41 Å². The first-order valence-corrected chi connectivity index (χ1v) is 5.58. The zero-order valence-electron chi connectivity index (χ0n) is 9.37. The van der Waals surface area contributed by atoms with Gasteiger partial charge in [0.25, 0.3) is 0 Å². The fourth-order valence-corrected chi connectivity index (χ4v) is 1.61. The lowest BCUT2D eigenvalue weighted by molar-refractivity contribution is 1.26. The molecule has 1 aromatic heterocycles. The van der Waals surface area contributed by atoms with Crippen LogP contribution < -0.4 is 5.32 Å². The minimum Gasteiger partial charge on any atom is -0.339 e. The molecule has 0 atom stereocenters. The monoisotopic (exact) mass is 245 g/mol. The number of benzene rings is 1. The third kappa shape index (κ3) is 2.82. The predicted molar refractivity (Wildman–Crippen MR) is 70.9 cm³/mol. The van der Waals surface area contributed by atoms with E-state index < -0.39 is 0 Å². The SMILES string of the molecule is Cc1ccc(Cl)cc1NC(=N)c1ccccn1. The molecule has 86 valence electrons. The van der Waals surface area contributed by atoms with Crippen molar-refractivity contribution in [2.75, 3.05) is 5.32 Å². The van der Waals surface area contributed by atoms with Crippen molar-refractivity contribution >= 4 is 23.1 Å². The summed E-state index contributed by atoms with van der Waals surface area (Å²) in [7, 11) is 0. The molecular formula is C13H12ClN3. The molecule has 0 aliphatic rings. The number of halogens is 1. The number of anilines is 1. The Kier molecular flexibility index (Phi) is 3.40. The van der Waals surface area contributed by atoms with E-state index in [1.807, 2.05) is 31.2 Å². The third-order valence-electron chi connectivity index (χ3n) is 2.38. The second-order valence-corrected chi connectivity index (χ2v) is 4.11. The van der Waals surface area contributed by atoms with Crippen molar-refractivity contribution in [3.63, 3.8) is 0 Å². The quantitative estimate of drug-likeness (QED) is 0.629. The van der Waals surface area contributed by atoms with Gasteiger partial charge in [-0.2, -0.15) is 0 Å². The lowest BCUT2D eigenvalue weighted by atomic mass is 10.2. The first-order valence-electron chi connectivity index (χ1n) is 5.20. The van der Waals surface area contributed by atoms with E-state index in [1.165, 1.54) is 0 Å². The number of aromatic nitrogens is 1. The van der Waals surface area contributed by atoms with E-state index in [2.05, 4.69) is 10.3 Å². The topological polar surface area (TPSA) is 48.8 Å². The fourth-order valence-electron chi connectivity index (χ4n) is 1.44. The maximum absolute atomic E-state index is 7.92. The number of hydrogen-bond donors (Lipinski definition) is 2.